The van der Waals surface area contributed by atoms with Crippen molar-refractivity contribution >= 4 is 51.6 Å². The lowest BCUT2D eigenvalue weighted by Crippen LogP contribution is -2.39. The van der Waals surface area contributed by atoms with Gasteiger partial charge in [0.15, 0.2) is 0 Å². The Morgan fingerprint density at radius 2 is 1.93 bits per heavy atom. The number of benzene rings is 2. The number of nitrogens with zero attached hydrogens (tertiary/aromatic N) is 1. The number of hydrogen-bond acceptors (Lipinski definition) is 3. The summed E-state index contributed by atoms with van der Waals surface area (Å²) in [7, 11) is 0. The number of hydrogen-bond donors (Lipinski definition) is 2. The molecule has 1 aliphatic heterocycles. The molecule has 1 fully saturated rings. The minimum Gasteiger partial charge on any atom is -0.361 e. The molecule has 3 aromatic rings. The van der Waals surface area contributed by atoms with Gasteiger partial charge < -0.3 is 10.3 Å². The van der Waals surface area contributed by atoms with Crippen LogP contribution in [0.25, 0.3) is 10.9 Å². The summed E-state index contributed by atoms with van der Waals surface area (Å²) in [6.45, 7) is 0.598. The fourth-order valence-electron chi connectivity index (χ4n) is 3.41. The lowest BCUT2D eigenvalue weighted by molar-refractivity contribution is -0.121. The van der Waals surface area contributed by atoms with E-state index in [1.54, 1.807) is 12.1 Å². The molecule has 4 rings (SSSR count). The summed E-state index contributed by atoms with van der Waals surface area (Å²) in [4.78, 5) is 29.4. The number of anilines is 1. The zero-order valence-corrected chi connectivity index (χ0v) is 15.8. The molecule has 0 radical (unpaired) electrons. The highest BCUT2D eigenvalue weighted by Crippen LogP contribution is 2.30. The largest absolute Gasteiger partial charge is 0.361 e. The Morgan fingerprint density at radius 1 is 1.11 bits per heavy atom. The van der Waals surface area contributed by atoms with Crippen LogP contribution < -0.4 is 10.2 Å². The van der Waals surface area contributed by atoms with Crippen LogP contribution in [0.2, 0.25) is 10.0 Å². The quantitative estimate of drug-likeness (QED) is 0.636. The molecule has 2 heterocycles. The van der Waals surface area contributed by atoms with Crippen molar-refractivity contribution in [3.05, 3.63) is 64.3 Å². The number of halogens is 2. The van der Waals surface area contributed by atoms with Gasteiger partial charge in [-0.05, 0) is 36.2 Å². The first-order valence-corrected chi connectivity index (χ1v) is 9.40. The maximum Gasteiger partial charge on any atom is 0.251 e. The molecule has 2 aromatic carbocycles. The molecule has 138 valence electrons. The normalized spacial score (nSPS) is 17.3. The third kappa shape index (κ3) is 3.46. The average Bonchev–Trinajstić information content (AvgIpc) is 3.19. The Bertz CT molecular complexity index is 1030. The van der Waals surface area contributed by atoms with E-state index in [0.717, 1.165) is 11.9 Å². The first-order chi connectivity index (χ1) is 13.0. The molecule has 5 nitrogen and oxygen atoms in total. The van der Waals surface area contributed by atoms with Crippen LogP contribution in [-0.4, -0.2) is 29.4 Å². The van der Waals surface area contributed by atoms with Gasteiger partial charge in [0.05, 0.1) is 28.2 Å². The summed E-state index contributed by atoms with van der Waals surface area (Å²) < 4.78 is 0. The molecule has 2 N–H and O–H groups in total. The van der Waals surface area contributed by atoms with Crippen molar-refractivity contribution in [3.63, 3.8) is 0 Å². The van der Waals surface area contributed by atoms with Crippen LogP contribution in [0, 0.1) is 0 Å². The van der Waals surface area contributed by atoms with Crippen molar-refractivity contribution in [3.8, 4) is 0 Å². The van der Waals surface area contributed by atoms with Crippen molar-refractivity contribution in [1.82, 2.24) is 10.3 Å². The van der Waals surface area contributed by atoms with E-state index in [1.807, 2.05) is 24.4 Å². The zero-order valence-electron chi connectivity index (χ0n) is 14.3. The first kappa shape index (κ1) is 18.0. The predicted octanol–water partition coefficient (Wildman–Crippen LogP) is 3.94. The summed E-state index contributed by atoms with van der Waals surface area (Å²) in [6, 6.07) is 12.3. The molecular weight excluding hydrogens is 385 g/mol. The van der Waals surface area contributed by atoms with Crippen molar-refractivity contribution in [2.45, 2.75) is 18.9 Å². The van der Waals surface area contributed by atoms with E-state index >= 15 is 0 Å². The van der Waals surface area contributed by atoms with E-state index < -0.39 is 6.04 Å². The van der Waals surface area contributed by atoms with Crippen molar-refractivity contribution in [1.29, 1.82) is 0 Å². The molecule has 1 aliphatic rings. The van der Waals surface area contributed by atoms with Gasteiger partial charge >= 0.3 is 0 Å². The number of nitrogens with one attached hydrogen (secondary N) is 2. The van der Waals surface area contributed by atoms with Gasteiger partial charge in [0, 0.05) is 23.6 Å². The molecule has 1 aromatic heterocycles. The first-order valence-electron chi connectivity index (χ1n) is 8.65. The molecule has 0 spiro atoms. The highest BCUT2D eigenvalue weighted by Gasteiger charge is 2.39. The van der Waals surface area contributed by atoms with E-state index in [1.165, 1.54) is 21.9 Å². The van der Waals surface area contributed by atoms with E-state index in [0.29, 0.717) is 22.3 Å². The molecule has 1 atom stereocenters. The van der Waals surface area contributed by atoms with Gasteiger partial charge in [0.2, 0.25) is 5.91 Å². The van der Waals surface area contributed by atoms with Gasteiger partial charge in [-0.1, -0.05) is 41.4 Å². The maximum atomic E-state index is 12.7. The molecule has 27 heavy (non-hydrogen) atoms. The Balaban J connectivity index is 1.42. The highest BCUT2D eigenvalue weighted by molar-refractivity contribution is 6.42. The minimum absolute atomic E-state index is 0.132. The number of aromatic nitrogens is 1. The van der Waals surface area contributed by atoms with Crippen LogP contribution in [0.15, 0.2) is 48.7 Å². The number of H-pyrrole nitrogens is 1. The van der Waals surface area contributed by atoms with E-state index in [-0.39, 0.29) is 18.2 Å². The second kappa shape index (κ2) is 7.35. The Hall–Kier alpha value is -2.34. The van der Waals surface area contributed by atoms with Gasteiger partial charge in [-0.2, -0.15) is 0 Å². The van der Waals surface area contributed by atoms with E-state index in [4.69, 9.17) is 23.2 Å². The number of para-hydroxylation sites is 1. The second-order valence-electron chi connectivity index (χ2n) is 6.49. The monoisotopic (exact) mass is 401 g/mol. The van der Waals surface area contributed by atoms with Gasteiger partial charge in [-0.3, -0.25) is 9.59 Å². The number of rotatable bonds is 5. The number of imide groups is 1. The average molecular weight is 402 g/mol. The topological polar surface area (TPSA) is 65.2 Å². The Morgan fingerprint density at radius 3 is 2.74 bits per heavy atom. The summed E-state index contributed by atoms with van der Waals surface area (Å²) in [6.07, 6.45) is 2.87. The van der Waals surface area contributed by atoms with Crippen molar-refractivity contribution in [2.75, 3.05) is 11.4 Å². The third-order valence-corrected chi connectivity index (χ3v) is 5.51. The number of carbonyl (C=O) groups excluding carboxylic acids is 2. The molecular formula is C20H17Cl2N3O2. The smallest absolute Gasteiger partial charge is 0.251 e. The lowest BCUT2D eigenvalue weighted by Gasteiger charge is -2.16. The molecule has 7 heteroatoms. The van der Waals surface area contributed by atoms with Crippen LogP contribution in [0.1, 0.15) is 12.0 Å². The van der Waals surface area contributed by atoms with Gasteiger partial charge in [0.25, 0.3) is 5.91 Å². The predicted molar refractivity (Wildman–Crippen MR) is 107 cm³/mol. The second-order valence-corrected chi connectivity index (χ2v) is 7.30. The van der Waals surface area contributed by atoms with E-state index in [2.05, 4.69) is 16.4 Å². The molecule has 1 saturated heterocycles. The Kier molecular flexibility index (Phi) is 4.91. The standard InChI is InChI=1S/C20H17Cl2N3O2/c21-15-6-5-13(9-16(15)22)25-19(26)10-18(20(25)27)23-8-7-12-11-24-17-4-2-1-3-14(12)17/h1-6,9,11,18,23-24H,7-8,10H2. The van der Waals surface area contributed by atoms with Crippen molar-refractivity contribution in [2.24, 2.45) is 0 Å². The number of carbonyl (C=O) groups is 2. The third-order valence-electron chi connectivity index (χ3n) is 4.77. The van der Waals surface area contributed by atoms with Crippen LogP contribution in [-0.2, 0) is 16.0 Å². The molecule has 0 saturated carbocycles. The van der Waals surface area contributed by atoms with Crippen LogP contribution in [0.5, 0.6) is 0 Å². The SMILES string of the molecule is O=C1CC(NCCc2c[nH]c3ccccc23)C(=O)N1c1ccc(Cl)c(Cl)c1. The summed E-state index contributed by atoms with van der Waals surface area (Å²) in [5.41, 5.74) is 2.71. The maximum absolute atomic E-state index is 12.7. The minimum atomic E-state index is -0.530. The summed E-state index contributed by atoms with van der Waals surface area (Å²) in [5, 5.41) is 5.07. The van der Waals surface area contributed by atoms with Gasteiger partial charge in [-0.15, -0.1) is 0 Å². The van der Waals surface area contributed by atoms with Gasteiger partial charge in [-0.25, -0.2) is 4.90 Å². The van der Waals surface area contributed by atoms with Crippen LogP contribution in [0.4, 0.5) is 5.69 Å². The summed E-state index contributed by atoms with van der Waals surface area (Å²) in [5.74, 6) is -0.514. The number of amides is 2. The Labute approximate surface area is 166 Å². The lowest BCUT2D eigenvalue weighted by atomic mass is 10.1. The fourth-order valence-corrected chi connectivity index (χ4v) is 3.70. The number of fused-ring (bicyclic) bond motifs is 1. The summed E-state index contributed by atoms with van der Waals surface area (Å²) >= 11 is 11.9. The fraction of sp³-hybridized carbons (Fsp3) is 0.200. The molecule has 1 unspecified atom stereocenters. The highest BCUT2D eigenvalue weighted by atomic mass is 35.5. The van der Waals surface area contributed by atoms with Gasteiger partial charge in [0.1, 0.15) is 0 Å². The molecule has 0 aliphatic carbocycles. The number of aromatic amines is 1. The zero-order chi connectivity index (χ0) is 19.0. The van der Waals surface area contributed by atoms with Crippen LogP contribution >= 0.6 is 23.2 Å². The van der Waals surface area contributed by atoms with E-state index in [9.17, 15) is 9.59 Å². The molecule has 2 amide bonds. The van der Waals surface area contributed by atoms with Crippen LogP contribution in [0.3, 0.4) is 0 Å². The molecule has 0 bridgehead atoms. The van der Waals surface area contributed by atoms with Crippen molar-refractivity contribution < 1.29 is 9.59 Å².